The van der Waals surface area contributed by atoms with Gasteiger partial charge in [-0.1, -0.05) is 60.7 Å². The molecule has 10 nitrogen and oxygen atoms in total. The Morgan fingerprint density at radius 2 is 1.69 bits per heavy atom. The minimum atomic E-state index is -0.429. The van der Waals surface area contributed by atoms with E-state index in [4.69, 9.17) is 20.9 Å². The van der Waals surface area contributed by atoms with Gasteiger partial charge in [0.2, 0.25) is 12.7 Å². The molecule has 0 saturated carbocycles. The maximum Gasteiger partial charge on any atom is 0.251 e. The second kappa shape index (κ2) is 13.9. The Hall–Kier alpha value is -4.57. The van der Waals surface area contributed by atoms with E-state index in [1.165, 1.54) is 0 Å². The van der Waals surface area contributed by atoms with Crippen LogP contribution in [0.5, 0.6) is 11.5 Å². The quantitative estimate of drug-likeness (QED) is 0.158. The maximum absolute atomic E-state index is 14.0. The van der Waals surface area contributed by atoms with Crippen molar-refractivity contribution in [3.05, 3.63) is 95.6 Å². The first-order chi connectivity index (χ1) is 20.5. The minimum absolute atomic E-state index is 0.0286. The number of hydrogen-bond acceptors (Lipinski definition) is 6. The van der Waals surface area contributed by atoms with Crippen LogP contribution in [-0.2, 0) is 4.79 Å². The smallest absolute Gasteiger partial charge is 0.251 e. The molecule has 42 heavy (non-hydrogen) atoms. The van der Waals surface area contributed by atoms with Crippen molar-refractivity contribution < 1.29 is 19.1 Å². The number of ether oxygens (including phenoxy) is 2. The molecule has 220 valence electrons. The molecule has 1 saturated heterocycles. The first-order valence-electron chi connectivity index (χ1n) is 14.4. The Kier molecular flexibility index (Phi) is 9.55. The number of rotatable bonds is 11. The van der Waals surface area contributed by atoms with Gasteiger partial charge in [-0.3, -0.25) is 14.6 Å². The molecule has 0 spiro atoms. The second-order valence-corrected chi connectivity index (χ2v) is 10.6. The fraction of sp³-hybridized carbons (Fsp3) is 0.344. The molecule has 0 aromatic heterocycles. The molecule has 2 unspecified atom stereocenters. The average molecular weight is 571 g/mol. The summed E-state index contributed by atoms with van der Waals surface area (Å²) in [6.07, 6.45) is 1.90. The maximum atomic E-state index is 14.0. The van der Waals surface area contributed by atoms with Crippen molar-refractivity contribution in [1.82, 2.24) is 15.5 Å². The highest BCUT2D eigenvalue weighted by molar-refractivity contribution is 5.95. The molecule has 2 aliphatic heterocycles. The topological polar surface area (TPSA) is 144 Å². The van der Waals surface area contributed by atoms with Crippen LogP contribution in [0.3, 0.4) is 0 Å². The van der Waals surface area contributed by atoms with Crippen LogP contribution in [0.4, 0.5) is 0 Å². The zero-order valence-electron chi connectivity index (χ0n) is 23.6. The van der Waals surface area contributed by atoms with Crippen molar-refractivity contribution in [2.24, 2.45) is 16.5 Å². The van der Waals surface area contributed by atoms with E-state index >= 15 is 0 Å². The standard InChI is InChI=1S/C32H38N6O4/c33-32(34)35-16-7-12-27-31(40)38(20-26(22-8-3-1-4-9-22)23-10-5-2-6-11-23)17-15-25(37-27)19-36-30(39)24-13-14-28-29(18-24)42-21-41-28/h1-6,8-11,13-14,18,25-27,37H,7,12,15-17,19-21H2,(H,36,39)(H4,33,34,35). The van der Waals surface area contributed by atoms with Gasteiger partial charge in [0.05, 0.1) is 6.04 Å². The predicted octanol–water partition coefficient (Wildman–Crippen LogP) is 2.59. The van der Waals surface area contributed by atoms with Crippen LogP contribution in [0.2, 0.25) is 0 Å². The molecule has 0 radical (unpaired) electrons. The summed E-state index contributed by atoms with van der Waals surface area (Å²) in [7, 11) is 0. The van der Waals surface area contributed by atoms with Crippen LogP contribution in [0.15, 0.2) is 83.9 Å². The number of amides is 2. The van der Waals surface area contributed by atoms with Crippen molar-refractivity contribution in [2.75, 3.05) is 33.0 Å². The van der Waals surface area contributed by atoms with E-state index in [9.17, 15) is 9.59 Å². The van der Waals surface area contributed by atoms with Gasteiger partial charge in [-0.25, -0.2) is 0 Å². The van der Waals surface area contributed by atoms with Crippen LogP contribution < -0.4 is 31.6 Å². The van der Waals surface area contributed by atoms with E-state index in [1.807, 2.05) is 41.3 Å². The lowest BCUT2D eigenvalue weighted by Crippen LogP contribution is -2.49. The highest BCUT2D eigenvalue weighted by Gasteiger charge is 2.32. The molecule has 3 aromatic rings. The van der Waals surface area contributed by atoms with Crippen molar-refractivity contribution in [3.8, 4) is 11.5 Å². The van der Waals surface area contributed by atoms with Gasteiger partial charge in [0, 0.05) is 43.7 Å². The summed E-state index contributed by atoms with van der Waals surface area (Å²) in [6, 6.07) is 25.2. The van der Waals surface area contributed by atoms with Gasteiger partial charge >= 0.3 is 0 Å². The Morgan fingerprint density at radius 3 is 2.38 bits per heavy atom. The molecule has 6 N–H and O–H groups in total. The summed E-state index contributed by atoms with van der Waals surface area (Å²) in [4.78, 5) is 33.0. The lowest BCUT2D eigenvalue weighted by Gasteiger charge is -2.29. The summed E-state index contributed by atoms with van der Waals surface area (Å²) >= 11 is 0. The lowest BCUT2D eigenvalue weighted by atomic mass is 9.90. The first-order valence-corrected chi connectivity index (χ1v) is 14.4. The number of aliphatic imine (C=N–C) groups is 1. The van der Waals surface area contributed by atoms with Crippen LogP contribution >= 0.6 is 0 Å². The number of carbonyl (C=O) groups is 2. The largest absolute Gasteiger partial charge is 0.454 e. The van der Waals surface area contributed by atoms with Crippen LogP contribution in [0.1, 0.15) is 46.7 Å². The fourth-order valence-corrected chi connectivity index (χ4v) is 5.48. The van der Waals surface area contributed by atoms with E-state index in [0.717, 1.165) is 11.1 Å². The molecule has 10 heteroatoms. The Balaban J connectivity index is 1.30. The molecule has 5 rings (SSSR count). The van der Waals surface area contributed by atoms with E-state index in [1.54, 1.807) is 18.2 Å². The van der Waals surface area contributed by atoms with Gasteiger partial charge in [0.25, 0.3) is 5.91 Å². The van der Waals surface area contributed by atoms with E-state index in [-0.39, 0.29) is 36.5 Å². The molecule has 2 amide bonds. The van der Waals surface area contributed by atoms with Crippen LogP contribution in [0, 0.1) is 0 Å². The van der Waals surface area contributed by atoms with Crippen molar-refractivity contribution in [3.63, 3.8) is 0 Å². The van der Waals surface area contributed by atoms with Gasteiger partial charge in [-0.2, -0.15) is 0 Å². The first kappa shape index (κ1) is 28.9. The van der Waals surface area contributed by atoms with Gasteiger partial charge in [0.15, 0.2) is 17.5 Å². The summed E-state index contributed by atoms with van der Waals surface area (Å²) in [5, 5.41) is 6.55. The summed E-state index contributed by atoms with van der Waals surface area (Å²) in [5.74, 6) is 1.09. The molecule has 2 heterocycles. The van der Waals surface area contributed by atoms with E-state index in [2.05, 4.69) is 39.9 Å². The number of hydrogen-bond donors (Lipinski definition) is 4. The lowest BCUT2D eigenvalue weighted by molar-refractivity contribution is -0.133. The minimum Gasteiger partial charge on any atom is -0.454 e. The SMILES string of the molecule is NC(N)=NCCCC1NC(CNC(=O)c2ccc3c(c2)OCO3)CCN(CC(c2ccccc2)c2ccccc2)C1=O. The molecule has 2 atom stereocenters. The average Bonchev–Trinajstić information content (AvgIpc) is 3.43. The van der Waals surface area contributed by atoms with E-state index < -0.39 is 6.04 Å². The van der Waals surface area contributed by atoms with Gasteiger partial charge in [-0.15, -0.1) is 0 Å². The van der Waals surface area contributed by atoms with Crippen molar-refractivity contribution in [2.45, 2.75) is 37.3 Å². The normalized spacial score (nSPS) is 18.0. The highest BCUT2D eigenvalue weighted by atomic mass is 16.7. The number of guanidine groups is 1. The van der Waals surface area contributed by atoms with E-state index in [0.29, 0.717) is 62.5 Å². The molecular formula is C32H38N6O4. The van der Waals surface area contributed by atoms with Crippen LogP contribution in [0.25, 0.3) is 0 Å². The third-order valence-electron chi connectivity index (χ3n) is 7.69. The summed E-state index contributed by atoms with van der Waals surface area (Å²) in [5.41, 5.74) is 13.8. The monoisotopic (exact) mass is 570 g/mol. The number of nitrogens with one attached hydrogen (secondary N) is 2. The molecule has 1 fully saturated rings. The zero-order chi connectivity index (χ0) is 29.3. The number of benzene rings is 3. The number of carbonyl (C=O) groups excluding carboxylic acids is 2. The zero-order valence-corrected chi connectivity index (χ0v) is 23.6. The van der Waals surface area contributed by atoms with Gasteiger partial charge in [0.1, 0.15) is 0 Å². The Bertz CT molecular complexity index is 1340. The third kappa shape index (κ3) is 7.38. The third-order valence-corrected chi connectivity index (χ3v) is 7.69. The van der Waals surface area contributed by atoms with Crippen LogP contribution in [-0.4, -0.2) is 67.7 Å². The van der Waals surface area contributed by atoms with Crippen molar-refractivity contribution in [1.29, 1.82) is 0 Å². The number of fused-ring (bicyclic) bond motifs is 1. The number of nitrogens with zero attached hydrogens (tertiary/aromatic N) is 2. The molecule has 2 aliphatic rings. The molecule has 0 aliphatic carbocycles. The van der Waals surface area contributed by atoms with Gasteiger partial charge in [-0.05, 0) is 48.6 Å². The Labute approximate surface area is 246 Å². The highest BCUT2D eigenvalue weighted by Crippen LogP contribution is 2.32. The molecule has 0 bridgehead atoms. The van der Waals surface area contributed by atoms with Gasteiger partial charge < -0.3 is 36.5 Å². The second-order valence-electron chi connectivity index (χ2n) is 10.6. The number of nitrogens with two attached hydrogens (primary N) is 2. The van der Waals surface area contributed by atoms with Crippen molar-refractivity contribution >= 4 is 17.8 Å². The summed E-state index contributed by atoms with van der Waals surface area (Å²) in [6.45, 7) is 2.08. The molecule has 3 aromatic carbocycles. The molecular weight excluding hydrogens is 532 g/mol. The fourth-order valence-electron chi connectivity index (χ4n) is 5.48. The summed E-state index contributed by atoms with van der Waals surface area (Å²) < 4.78 is 10.8. The predicted molar refractivity (Wildman–Crippen MR) is 161 cm³/mol. The Morgan fingerprint density at radius 1 is 1.00 bits per heavy atom.